The van der Waals surface area contributed by atoms with Gasteiger partial charge in [-0.15, -0.1) is 0 Å². The van der Waals surface area contributed by atoms with Crippen LogP contribution in [0.1, 0.15) is 46.5 Å². The van der Waals surface area contributed by atoms with Crippen LogP contribution in [0.3, 0.4) is 0 Å². The van der Waals surface area contributed by atoms with E-state index in [0.29, 0.717) is 17.7 Å². The average Bonchev–Trinajstić information content (AvgIpc) is 2.51. The molecule has 0 N–H and O–H groups in total. The summed E-state index contributed by atoms with van der Waals surface area (Å²) in [7, 11) is 0. The Morgan fingerprint density at radius 1 is 1.50 bits per heavy atom. The summed E-state index contributed by atoms with van der Waals surface area (Å²) in [6.45, 7) is 8.75. The molecule has 0 aromatic rings. The lowest BCUT2D eigenvalue weighted by molar-refractivity contribution is -0.121. The van der Waals surface area contributed by atoms with Crippen molar-refractivity contribution in [1.29, 1.82) is 0 Å². The molecule has 2 heteroatoms. The highest BCUT2D eigenvalue weighted by Crippen LogP contribution is 2.22. The van der Waals surface area contributed by atoms with Gasteiger partial charge < -0.3 is 4.90 Å². The Labute approximate surface area is 87.7 Å². The van der Waals surface area contributed by atoms with Crippen molar-refractivity contribution in [3.63, 3.8) is 0 Å². The summed E-state index contributed by atoms with van der Waals surface area (Å²) in [4.78, 5) is 13.9. The van der Waals surface area contributed by atoms with E-state index in [1.807, 2.05) is 0 Å². The highest BCUT2D eigenvalue weighted by Gasteiger charge is 2.26. The van der Waals surface area contributed by atoms with Crippen LogP contribution in [0.25, 0.3) is 0 Å². The first-order valence-corrected chi connectivity index (χ1v) is 5.92. The smallest absolute Gasteiger partial charge is 0.137 e. The molecule has 0 spiro atoms. The number of carbonyl (C=O) groups excluding carboxylic acids is 1. The lowest BCUT2D eigenvalue weighted by Gasteiger charge is -2.28. The predicted octanol–water partition coefficient (Wildman–Crippen LogP) is 2.48. The first-order valence-electron chi connectivity index (χ1n) is 5.92. The minimum Gasteiger partial charge on any atom is -0.300 e. The maximum atomic E-state index is 11.5. The van der Waals surface area contributed by atoms with Crippen LogP contribution in [0.15, 0.2) is 0 Å². The van der Waals surface area contributed by atoms with E-state index >= 15 is 0 Å². The number of rotatable bonds is 5. The second kappa shape index (κ2) is 5.50. The van der Waals surface area contributed by atoms with Crippen molar-refractivity contribution in [2.45, 2.75) is 52.5 Å². The van der Waals surface area contributed by atoms with Gasteiger partial charge >= 0.3 is 0 Å². The predicted molar refractivity (Wildman–Crippen MR) is 59.3 cm³/mol. The van der Waals surface area contributed by atoms with E-state index < -0.39 is 0 Å². The van der Waals surface area contributed by atoms with E-state index in [1.165, 1.54) is 6.42 Å². The molecule has 0 radical (unpaired) electrons. The van der Waals surface area contributed by atoms with Gasteiger partial charge in [-0.2, -0.15) is 0 Å². The molecule has 0 amide bonds. The van der Waals surface area contributed by atoms with Gasteiger partial charge in [-0.1, -0.05) is 6.92 Å². The summed E-state index contributed by atoms with van der Waals surface area (Å²) >= 11 is 0. The third-order valence-corrected chi connectivity index (χ3v) is 3.13. The molecule has 0 heterocycles. The van der Waals surface area contributed by atoms with Crippen LogP contribution in [0.4, 0.5) is 0 Å². The van der Waals surface area contributed by atoms with Crippen molar-refractivity contribution in [3.05, 3.63) is 0 Å². The monoisotopic (exact) mass is 197 g/mol. The maximum Gasteiger partial charge on any atom is 0.137 e. The van der Waals surface area contributed by atoms with E-state index in [0.717, 1.165) is 32.4 Å². The number of ketones is 1. The van der Waals surface area contributed by atoms with Gasteiger partial charge in [0.15, 0.2) is 0 Å². The van der Waals surface area contributed by atoms with Crippen LogP contribution in [0.5, 0.6) is 0 Å². The highest BCUT2D eigenvalue weighted by molar-refractivity contribution is 5.83. The van der Waals surface area contributed by atoms with Crippen molar-refractivity contribution in [2.75, 3.05) is 13.1 Å². The number of Topliss-reactive ketones (excluding diaryl/α,β-unsaturated/α-hetero) is 1. The standard InChI is InChI=1S/C12H23NO/c1-4-8-13(10(2)3)9-11-6-5-7-12(11)14/h10-11H,4-9H2,1-3H3. The molecule has 1 rings (SSSR count). The zero-order valence-electron chi connectivity index (χ0n) is 9.75. The fourth-order valence-electron chi connectivity index (χ4n) is 2.21. The minimum absolute atomic E-state index is 0.337. The molecule has 1 atom stereocenters. The van der Waals surface area contributed by atoms with Gasteiger partial charge in [0.1, 0.15) is 5.78 Å². The molecule has 1 saturated carbocycles. The molecule has 1 fully saturated rings. The van der Waals surface area contributed by atoms with Gasteiger partial charge in [0.05, 0.1) is 0 Å². The average molecular weight is 197 g/mol. The third kappa shape index (κ3) is 3.09. The molecular formula is C12H23NO. The summed E-state index contributed by atoms with van der Waals surface area (Å²) in [6.07, 6.45) is 4.23. The van der Waals surface area contributed by atoms with E-state index in [1.54, 1.807) is 0 Å². The van der Waals surface area contributed by atoms with Crippen LogP contribution in [0.2, 0.25) is 0 Å². The second-order valence-corrected chi connectivity index (χ2v) is 4.64. The molecule has 14 heavy (non-hydrogen) atoms. The first kappa shape index (κ1) is 11.7. The van der Waals surface area contributed by atoms with Gasteiger partial charge in [0, 0.05) is 24.9 Å². The normalized spacial score (nSPS) is 22.6. The Hall–Kier alpha value is -0.370. The largest absolute Gasteiger partial charge is 0.300 e. The summed E-state index contributed by atoms with van der Waals surface area (Å²) in [5.41, 5.74) is 0. The van der Waals surface area contributed by atoms with Gasteiger partial charge in [-0.25, -0.2) is 0 Å². The SMILES string of the molecule is CCCN(CC1CCCC1=O)C(C)C. The maximum absolute atomic E-state index is 11.5. The van der Waals surface area contributed by atoms with Crippen LogP contribution in [-0.4, -0.2) is 29.8 Å². The van der Waals surface area contributed by atoms with Gasteiger partial charge in [-0.3, -0.25) is 4.79 Å². The van der Waals surface area contributed by atoms with Gasteiger partial charge in [0.2, 0.25) is 0 Å². The summed E-state index contributed by atoms with van der Waals surface area (Å²) in [6, 6.07) is 0.573. The molecule has 0 aromatic heterocycles. The van der Waals surface area contributed by atoms with Crippen molar-refractivity contribution in [2.24, 2.45) is 5.92 Å². The summed E-state index contributed by atoms with van der Waals surface area (Å²) in [5, 5.41) is 0. The van der Waals surface area contributed by atoms with Crippen molar-refractivity contribution in [1.82, 2.24) is 4.90 Å². The molecule has 82 valence electrons. The first-order chi connectivity index (χ1) is 6.65. The number of nitrogens with zero attached hydrogens (tertiary/aromatic N) is 1. The van der Waals surface area contributed by atoms with Crippen LogP contribution >= 0.6 is 0 Å². The Kier molecular flexibility index (Phi) is 4.59. The minimum atomic E-state index is 0.337. The quantitative estimate of drug-likeness (QED) is 0.675. The molecule has 2 nitrogen and oxygen atoms in total. The lowest BCUT2D eigenvalue weighted by Crippen LogP contribution is -2.37. The van der Waals surface area contributed by atoms with Crippen LogP contribution < -0.4 is 0 Å². The zero-order valence-corrected chi connectivity index (χ0v) is 9.75. The van der Waals surface area contributed by atoms with Crippen LogP contribution in [-0.2, 0) is 4.79 Å². The molecule has 1 aliphatic carbocycles. The molecule has 1 unspecified atom stereocenters. The highest BCUT2D eigenvalue weighted by atomic mass is 16.1. The van der Waals surface area contributed by atoms with Crippen molar-refractivity contribution < 1.29 is 4.79 Å². The Morgan fingerprint density at radius 2 is 2.21 bits per heavy atom. The lowest BCUT2D eigenvalue weighted by atomic mass is 10.1. The van der Waals surface area contributed by atoms with E-state index in [2.05, 4.69) is 25.7 Å². The molecule has 0 aliphatic heterocycles. The van der Waals surface area contributed by atoms with Crippen molar-refractivity contribution in [3.8, 4) is 0 Å². The fourth-order valence-corrected chi connectivity index (χ4v) is 2.21. The van der Waals surface area contributed by atoms with Crippen LogP contribution in [0, 0.1) is 5.92 Å². The molecule has 0 saturated heterocycles. The summed E-state index contributed by atoms with van der Waals surface area (Å²) < 4.78 is 0. The molecule has 0 bridgehead atoms. The molecule has 1 aliphatic rings. The van der Waals surface area contributed by atoms with E-state index in [4.69, 9.17) is 0 Å². The topological polar surface area (TPSA) is 20.3 Å². The molecular weight excluding hydrogens is 174 g/mol. The zero-order chi connectivity index (χ0) is 10.6. The number of hydrogen-bond donors (Lipinski definition) is 0. The van der Waals surface area contributed by atoms with Gasteiger partial charge in [0.25, 0.3) is 0 Å². The Bertz CT molecular complexity index is 189. The number of carbonyl (C=O) groups is 1. The Balaban J connectivity index is 2.41. The third-order valence-electron chi connectivity index (χ3n) is 3.13. The van der Waals surface area contributed by atoms with Gasteiger partial charge in [-0.05, 0) is 39.7 Å². The number of hydrogen-bond acceptors (Lipinski definition) is 2. The summed E-state index contributed by atoms with van der Waals surface area (Å²) in [5.74, 6) is 0.829. The van der Waals surface area contributed by atoms with E-state index in [9.17, 15) is 4.79 Å². The fraction of sp³-hybridized carbons (Fsp3) is 0.917. The Morgan fingerprint density at radius 3 is 2.64 bits per heavy atom. The second-order valence-electron chi connectivity index (χ2n) is 4.64. The van der Waals surface area contributed by atoms with E-state index in [-0.39, 0.29) is 0 Å². The van der Waals surface area contributed by atoms with Crippen molar-refractivity contribution >= 4 is 5.78 Å². The molecule has 0 aromatic carbocycles.